The summed E-state index contributed by atoms with van der Waals surface area (Å²) >= 11 is 8.69. The van der Waals surface area contributed by atoms with E-state index < -0.39 is 0 Å². The first-order valence-corrected chi connectivity index (χ1v) is 12.1. The molecule has 4 aromatic rings. The summed E-state index contributed by atoms with van der Waals surface area (Å²) in [5.74, 6) is 0.323. The number of thiophene rings is 1. The highest BCUT2D eigenvalue weighted by atomic mass is 35.5. The van der Waals surface area contributed by atoms with Crippen LogP contribution in [-0.2, 0) is 4.79 Å². The number of anilines is 1. The average Bonchev–Trinajstić information content (AvgIpc) is 3.41. The predicted octanol–water partition coefficient (Wildman–Crippen LogP) is 5.59. The van der Waals surface area contributed by atoms with E-state index in [1.165, 1.54) is 11.3 Å². The van der Waals surface area contributed by atoms with Crippen molar-refractivity contribution >= 4 is 51.3 Å². The summed E-state index contributed by atoms with van der Waals surface area (Å²) < 4.78 is 1.80. The number of aryl methyl sites for hydroxylation is 1. The van der Waals surface area contributed by atoms with Crippen molar-refractivity contribution in [2.75, 3.05) is 11.2 Å². The van der Waals surface area contributed by atoms with Crippen LogP contribution < -0.4 is 5.32 Å². The minimum Gasteiger partial charge on any atom is -0.317 e. The number of thioether (sulfide) groups is 1. The van der Waals surface area contributed by atoms with Gasteiger partial charge in [0.05, 0.1) is 20.8 Å². The summed E-state index contributed by atoms with van der Waals surface area (Å²) in [7, 11) is 0. The number of hydrogen-bond acceptors (Lipinski definition) is 6. The van der Waals surface area contributed by atoms with Gasteiger partial charge in [-0.05, 0) is 29.7 Å². The zero-order valence-corrected chi connectivity index (χ0v) is 19.4. The molecule has 1 aliphatic rings. The van der Waals surface area contributed by atoms with Gasteiger partial charge in [-0.15, -0.1) is 33.1 Å². The second-order valence-corrected chi connectivity index (χ2v) is 9.57. The number of nitrogens with zero attached hydrogens (tertiary/aromatic N) is 4. The number of carbonyl (C=O) groups is 1. The number of alkyl halides is 1. The molecule has 32 heavy (non-hydrogen) atoms. The van der Waals surface area contributed by atoms with E-state index in [0.717, 1.165) is 37.4 Å². The maximum Gasteiger partial charge on any atom is 0.239 e. The first-order chi connectivity index (χ1) is 15.6. The highest BCUT2D eigenvalue weighted by Crippen LogP contribution is 2.43. The monoisotopic (exact) mass is 479 g/mol. The van der Waals surface area contributed by atoms with Crippen molar-refractivity contribution < 1.29 is 4.79 Å². The van der Waals surface area contributed by atoms with Crippen molar-refractivity contribution in [2.45, 2.75) is 17.3 Å². The second kappa shape index (κ2) is 8.90. The Morgan fingerprint density at radius 2 is 1.81 bits per heavy atom. The van der Waals surface area contributed by atoms with Gasteiger partial charge in [0.2, 0.25) is 11.1 Å². The Kier molecular flexibility index (Phi) is 5.82. The molecule has 5 rings (SSSR count). The molecule has 1 atom stereocenters. The molecule has 1 aliphatic heterocycles. The lowest BCUT2D eigenvalue weighted by atomic mass is 10.0. The van der Waals surface area contributed by atoms with Gasteiger partial charge in [0.15, 0.2) is 5.82 Å². The average molecular weight is 480 g/mol. The lowest BCUT2D eigenvalue weighted by Gasteiger charge is -2.23. The number of hydrogen-bond donors (Lipinski definition) is 1. The predicted molar refractivity (Wildman–Crippen MR) is 131 cm³/mol. The molecule has 160 valence electrons. The number of nitrogens with one attached hydrogen (secondary N) is 1. The summed E-state index contributed by atoms with van der Waals surface area (Å²) in [4.78, 5) is 12.6. The van der Waals surface area contributed by atoms with E-state index in [1.54, 1.807) is 16.4 Å². The van der Waals surface area contributed by atoms with Gasteiger partial charge >= 0.3 is 0 Å². The maximum atomic E-state index is 11.7. The largest absolute Gasteiger partial charge is 0.317 e. The first kappa shape index (κ1) is 20.9. The number of rotatable bonds is 5. The van der Waals surface area contributed by atoms with E-state index in [1.807, 2.05) is 49.4 Å². The molecule has 2 aromatic carbocycles. The van der Waals surface area contributed by atoms with Gasteiger partial charge in [-0.25, -0.2) is 0 Å². The van der Waals surface area contributed by atoms with Gasteiger partial charge in [-0.3, -0.25) is 4.79 Å². The SMILES string of the molecule is Cc1cc(NC(=O)CCl)sc1-c1nnc2n1N=C(c1ccccc1)C(c1ccccc1)S2. The van der Waals surface area contributed by atoms with E-state index in [9.17, 15) is 4.79 Å². The van der Waals surface area contributed by atoms with Gasteiger partial charge in [0.25, 0.3) is 0 Å². The van der Waals surface area contributed by atoms with Crippen molar-refractivity contribution in [1.82, 2.24) is 14.9 Å². The third-order valence-corrected chi connectivity index (χ3v) is 7.56. The van der Waals surface area contributed by atoms with Crippen molar-refractivity contribution in [3.8, 4) is 10.7 Å². The van der Waals surface area contributed by atoms with E-state index >= 15 is 0 Å². The molecule has 0 bridgehead atoms. The van der Waals surface area contributed by atoms with Gasteiger partial charge in [-0.2, -0.15) is 9.78 Å². The van der Waals surface area contributed by atoms with Crippen LogP contribution in [0.4, 0.5) is 5.00 Å². The summed E-state index contributed by atoms with van der Waals surface area (Å²) in [6.07, 6.45) is 0. The molecule has 0 fully saturated rings. The van der Waals surface area contributed by atoms with E-state index in [2.05, 4.69) is 39.8 Å². The van der Waals surface area contributed by atoms with Crippen LogP contribution in [0.15, 0.2) is 77.0 Å². The normalized spacial score (nSPS) is 15.2. The number of halogens is 1. The van der Waals surface area contributed by atoms with Crippen molar-refractivity contribution in [3.05, 3.63) is 83.4 Å². The number of fused-ring (bicyclic) bond motifs is 1. The second-order valence-electron chi connectivity index (χ2n) is 7.18. The quantitative estimate of drug-likeness (QED) is 0.378. The van der Waals surface area contributed by atoms with Crippen LogP contribution in [0.25, 0.3) is 10.7 Å². The Balaban J connectivity index is 1.60. The fraction of sp³-hybridized carbons (Fsp3) is 0.130. The zero-order chi connectivity index (χ0) is 22.1. The molecule has 0 spiro atoms. The molecule has 2 aromatic heterocycles. The molecule has 1 amide bonds. The molecule has 0 saturated heterocycles. The minimum absolute atomic E-state index is 0.00570. The minimum atomic E-state index is -0.242. The molecule has 0 aliphatic carbocycles. The zero-order valence-electron chi connectivity index (χ0n) is 17.0. The molecule has 3 heterocycles. The van der Waals surface area contributed by atoms with Crippen LogP contribution in [0, 0.1) is 6.92 Å². The first-order valence-electron chi connectivity index (χ1n) is 9.92. The fourth-order valence-corrected chi connectivity index (χ4v) is 5.74. The van der Waals surface area contributed by atoms with E-state index in [0.29, 0.717) is 5.82 Å². The van der Waals surface area contributed by atoms with E-state index in [-0.39, 0.29) is 17.0 Å². The molecule has 6 nitrogen and oxygen atoms in total. The third-order valence-electron chi connectivity index (χ3n) is 4.97. The van der Waals surface area contributed by atoms with Crippen molar-refractivity contribution in [2.24, 2.45) is 5.10 Å². The molecule has 0 saturated carbocycles. The molecular weight excluding hydrogens is 462 g/mol. The maximum absolute atomic E-state index is 11.7. The molecular formula is C23H18ClN5OS2. The Morgan fingerprint density at radius 1 is 1.09 bits per heavy atom. The van der Waals surface area contributed by atoms with Gasteiger partial charge < -0.3 is 5.32 Å². The van der Waals surface area contributed by atoms with Gasteiger partial charge in [-0.1, -0.05) is 72.4 Å². The molecule has 1 unspecified atom stereocenters. The highest BCUT2D eigenvalue weighted by molar-refractivity contribution is 8.00. The Labute approximate surface area is 198 Å². The summed E-state index contributed by atoms with van der Waals surface area (Å²) in [5.41, 5.74) is 4.15. The van der Waals surface area contributed by atoms with Crippen molar-refractivity contribution in [1.29, 1.82) is 0 Å². The number of amides is 1. The summed E-state index contributed by atoms with van der Waals surface area (Å²) in [6, 6.07) is 22.4. The Bertz CT molecular complexity index is 1300. The van der Waals surface area contributed by atoms with Gasteiger partial charge in [0, 0.05) is 0 Å². The smallest absolute Gasteiger partial charge is 0.239 e. The lowest BCUT2D eigenvalue weighted by molar-refractivity contribution is -0.113. The number of carbonyl (C=O) groups excluding carboxylic acids is 1. The molecule has 1 N–H and O–H groups in total. The summed E-state index contributed by atoms with van der Waals surface area (Å²) in [5, 5.41) is 18.2. The lowest BCUT2D eigenvalue weighted by Crippen LogP contribution is -2.18. The molecule has 0 radical (unpaired) electrons. The number of benzene rings is 2. The van der Waals surface area contributed by atoms with E-state index in [4.69, 9.17) is 16.7 Å². The van der Waals surface area contributed by atoms with Gasteiger partial charge in [0.1, 0.15) is 5.88 Å². The van der Waals surface area contributed by atoms with Crippen LogP contribution in [0.1, 0.15) is 21.9 Å². The fourth-order valence-electron chi connectivity index (χ4n) is 3.50. The molecule has 9 heteroatoms. The van der Waals surface area contributed by atoms with Crippen LogP contribution in [0.3, 0.4) is 0 Å². The van der Waals surface area contributed by atoms with Crippen LogP contribution in [0.2, 0.25) is 0 Å². The standard InChI is InChI=1S/C23H18ClN5OS2/c1-14-12-18(25-17(30)13-24)31-20(14)22-26-27-23-29(22)28-19(15-8-4-2-5-9-15)21(32-23)16-10-6-3-7-11-16/h2-12,21H,13H2,1H3,(H,25,30). The number of aromatic nitrogens is 3. The van der Waals surface area contributed by atoms with Crippen LogP contribution in [-0.4, -0.2) is 32.4 Å². The third kappa shape index (κ3) is 3.97. The van der Waals surface area contributed by atoms with Crippen LogP contribution in [0.5, 0.6) is 0 Å². The summed E-state index contributed by atoms with van der Waals surface area (Å²) in [6.45, 7) is 1.98. The van der Waals surface area contributed by atoms with Crippen LogP contribution >= 0.6 is 34.7 Å². The van der Waals surface area contributed by atoms with Crippen molar-refractivity contribution in [3.63, 3.8) is 0 Å². The topological polar surface area (TPSA) is 72.2 Å². The highest BCUT2D eigenvalue weighted by Gasteiger charge is 2.31. The Morgan fingerprint density at radius 3 is 2.53 bits per heavy atom. The Hall–Kier alpha value is -2.94.